The molecule has 0 aromatic heterocycles. The molecular weight excluding hydrogens is 290 g/mol. The topological polar surface area (TPSA) is 26.0 Å². The fraction of sp³-hybridized carbons (Fsp3) is 0.652. The van der Waals surface area contributed by atoms with Gasteiger partial charge in [0.05, 0.1) is 0 Å². The van der Waals surface area contributed by atoms with E-state index < -0.39 is 0 Å². The molecule has 0 aromatic rings. The van der Waals surface area contributed by atoms with E-state index >= 15 is 0 Å². The average Bonchev–Trinajstić information content (AvgIpc) is 2.45. The molecule has 0 aliphatic carbocycles. The summed E-state index contributed by atoms with van der Waals surface area (Å²) < 4.78 is 0. The highest BCUT2D eigenvalue weighted by molar-refractivity contribution is 5.32. The van der Waals surface area contributed by atoms with E-state index in [1.807, 2.05) is 6.92 Å². The summed E-state index contributed by atoms with van der Waals surface area (Å²) in [6.45, 7) is 19.6. The molecule has 0 heterocycles. The fourth-order valence-electron chi connectivity index (χ4n) is 2.84. The average molecular weight is 332 g/mol. The third kappa shape index (κ3) is 9.80. The maximum atomic E-state index is 5.90. The molecule has 1 nitrogen and oxygen atoms in total. The van der Waals surface area contributed by atoms with E-state index in [9.17, 15) is 0 Å². The Morgan fingerprint density at radius 1 is 0.958 bits per heavy atom. The Labute approximate surface area is 151 Å². The standard InChI is InChI=1S/C23H41N/c1-9-13-20(5)23(7,8)15-12-10-11-14-22(16-18(2)3)17-19(4)21(6)24/h16-17H,5,9-15,24H2,1-4,6-8H3/b21-19+,22-17-. The Hall–Kier alpha value is -1.24. The Morgan fingerprint density at radius 3 is 2.08 bits per heavy atom. The molecule has 0 bridgehead atoms. The smallest absolute Gasteiger partial charge is 0.00786 e. The molecule has 0 unspecified atom stereocenters. The van der Waals surface area contributed by atoms with Crippen molar-refractivity contribution in [3.8, 4) is 0 Å². The van der Waals surface area contributed by atoms with E-state index in [1.54, 1.807) is 0 Å². The van der Waals surface area contributed by atoms with Gasteiger partial charge in [-0.1, -0.05) is 69.9 Å². The van der Waals surface area contributed by atoms with Crippen molar-refractivity contribution in [3.63, 3.8) is 0 Å². The van der Waals surface area contributed by atoms with Crippen LogP contribution in [0.1, 0.15) is 93.4 Å². The number of nitrogens with two attached hydrogens (primary N) is 1. The summed E-state index contributed by atoms with van der Waals surface area (Å²) in [5, 5.41) is 0. The van der Waals surface area contributed by atoms with E-state index in [-0.39, 0.29) is 5.41 Å². The van der Waals surface area contributed by atoms with Crippen LogP contribution in [0.25, 0.3) is 0 Å². The minimum Gasteiger partial charge on any atom is -0.402 e. The van der Waals surface area contributed by atoms with Crippen LogP contribution in [0.15, 0.2) is 46.7 Å². The zero-order valence-electron chi connectivity index (χ0n) is 17.4. The number of hydrogen-bond acceptors (Lipinski definition) is 1. The fourth-order valence-corrected chi connectivity index (χ4v) is 2.84. The van der Waals surface area contributed by atoms with Crippen molar-refractivity contribution in [3.05, 3.63) is 46.7 Å². The number of allylic oxidation sites excluding steroid dienone is 7. The summed E-state index contributed by atoms with van der Waals surface area (Å²) in [7, 11) is 0. The van der Waals surface area contributed by atoms with Crippen LogP contribution in [-0.2, 0) is 0 Å². The van der Waals surface area contributed by atoms with E-state index in [0.29, 0.717) is 0 Å². The highest BCUT2D eigenvalue weighted by atomic mass is 14.5. The second-order valence-electron chi connectivity index (χ2n) is 8.11. The van der Waals surface area contributed by atoms with Gasteiger partial charge < -0.3 is 5.73 Å². The Balaban J connectivity index is 4.48. The van der Waals surface area contributed by atoms with Gasteiger partial charge in [-0.3, -0.25) is 0 Å². The lowest BCUT2D eigenvalue weighted by Gasteiger charge is -2.27. The summed E-state index contributed by atoms with van der Waals surface area (Å²) in [5.41, 5.74) is 12.4. The largest absolute Gasteiger partial charge is 0.402 e. The van der Waals surface area contributed by atoms with Crippen molar-refractivity contribution < 1.29 is 0 Å². The van der Waals surface area contributed by atoms with E-state index in [2.05, 4.69) is 60.3 Å². The van der Waals surface area contributed by atoms with Gasteiger partial charge in [-0.15, -0.1) is 0 Å². The van der Waals surface area contributed by atoms with Crippen LogP contribution in [0, 0.1) is 5.41 Å². The molecule has 0 atom stereocenters. The van der Waals surface area contributed by atoms with E-state index in [1.165, 1.54) is 54.4 Å². The van der Waals surface area contributed by atoms with Gasteiger partial charge in [0.15, 0.2) is 0 Å². The lowest BCUT2D eigenvalue weighted by Crippen LogP contribution is -2.14. The second-order valence-corrected chi connectivity index (χ2v) is 8.11. The van der Waals surface area contributed by atoms with E-state index in [4.69, 9.17) is 5.73 Å². The molecule has 138 valence electrons. The van der Waals surface area contributed by atoms with Gasteiger partial charge in [0, 0.05) is 5.70 Å². The van der Waals surface area contributed by atoms with Crippen LogP contribution in [-0.4, -0.2) is 0 Å². The summed E-state index contributed by atoms with van der Waals surface area (Å²) in [4.78, 5) is 0. The van der Waals surface area contributed by atoms with Crippen LogP contribution >= 0.6 is 0 Å². The SMILES string of the molecule is C=C(CCC)C(C)(C)CCCCC/C(C=C(C)C)=C/C(C)=C(\C)N. The van der Waals surface area contributed by atoms with Crippen LogP contribution < -0.4 is 5.73 Å². The molecule has 0 rings (SSSR count). The number of hydrogen-bond donors (Lipinski definition) is 1. The molecular formula is C23H41N. The van der Waals surface area contributed by atoms with Gasteiger partial charge in [-0.2, -0.15) is 0 Å². The van der Waals surface area contributed by atoms with Crippen molar-refractivity contribution in [2.75, 3.05) is 0 Å². The molecule has 24 heavy (non-hydrogen) atoms. The zero-order chi connectivity index (χ0) is 18.8. The van der Waals surface area contributed by atoms with Gasteiger partial charge in [-0.25, -0.2) is 0 Å². The zero-order valence-corrected chi connectivity index (χ0v) is 17.4. The first-order valence-electron chi connectivity index (χ1n) is 9.56. The van der Waals surface area contributed by atoms with Crippen LogP contribution in [0.2, 0.25) is 0 Å². The molecule has 1 heteroatoms. The first kappa shape index (κ1) is 22.8. The third-order valence-electron chi connectivity index (χ3n) is 4.77. The Bertz CT molecular complexity index is 478. The van der Waals surface area contributed by atoms with Gasteiger partial charge in [0.1, 0.15) is 0 Å². The minimum absolute atomic E-state index is 0.282. The van der Waals surface area contributed by atoms with Gasteiger partial charge >= 0.3 is 0 Å². The van der Waals surface area contributed by atoms with E-state index in [0.717, 1.165) is 18.5 Å². The summed E-state index contributed by atoms with van der Waals surface area (Å²) in [6.07, 6.45) is 13.1. The minimum atomic E-state index is 0.282. The molecule has 0 aliphatic heterocycles. The number of unbranched alkanes of at least 4 members (excludes halogenated alkanes) is 2. The lowest BCUT2D eigenvalue weighted by atomic mass is 9.78. The molecule has 0 saturated carbocycles. The summed E-state index contributed by atoms with van der Waals surface area (Å²) in [6, 6.07) is 0. The summed E-state index contributed by atoms with van der Waals surface area (Å²) >= 11 is 0. The van der Waals surface area contributed by atoms with Crippen molar-refractivity contribution >= 4 is 0 Å². The van der Waals surface area contributed by atoms with Crippen molar-refractivity contribution in [2.24, 2.45) is 11.1 Å². The van der Waals surface area contributed by atoms with Crippen molar-refractivity contribution in [1.29, 1.82) is 0 Å². The maximum absolute atomic E-state index is 5.90. The summed E-state index contributed by atoms with van der Waals surface area (Å²) in [5.74, 6) is 0. The molecule has 0 amide bonds. The van der Waals surface area contributed by atoms with Gasteiger partial charge in [0.2, 0.25) is 0 Å². The molecule has 0 aliphatic rings. The quantitative estimate of drug-likeness (QED) is 0.237. The first-order valence-corrected chi connectivity index (χ1v) is 9.56. The highest BCUT2D eigenvalue weighted by Gasteiger charge is 2.20. The molecule has 0 saturated heterocycles. The van der Waals surface area contributed by atoms with Crippen molar-refractivity contribution in [2.45, 2.75) is 93.4 Å². The second kappa shape index (κ2) is 11.3. The van der Waals surface area contributed by atoms with Crippen LogP contribution in [0.3, 0.4) is 0 Å². The monoisotopic (exact) mass is 331 g/mol. The number of rotatable bonds is 11. The lowest BCUT2D eigenvalue weighted by molar-refractivity contribution is 0.374. The van der Waals surface area contributed by atoms with Crippen LogP contribution in [0.5, 0.6) is 0 Å². The predicted molar refractivity (Wildman–Crippen MR) is 111 cm³/mol. The Kier molecular flexibility index (Phi) is 10.8. The maximum Gasteiger partial charge on any atom is 0.00786 e. The van der Waals surface area contributed by atoms with Crippen LogP contribution in [0.4, 0.5) is 0 Å². The Morgan fingerprint density at radius 2 is 1.58 bits per heavy atom. The van der Waals surface area contributed by atoms with Gasteiger partial charge in [0.25, 0.3) is 0 Å². The molecule has 0 aromatic carbocycles. The highest BCUT2D eigenvalue weighted by Crippen LogP contribution is 2.34. The first-order chi connectivity index (χ1) is 11.1. The normalized spacial score (nSPS) is 13.5. The third-order valence-corrected chi connectivity index (χ3v) is 4.77. The van der Waals surface area contributed by atoms with Gasteiger partial charge in [-0.05, 0) is 69.9 Å². The molecule has 0 spiro atoms. The molecule has 0 radical (unpaired) electrons. The van der Waals surface area contributed by atoms with Crippen molar-refractivity contribution in [1.82, 2.24) is 0 Å². The molecule has 0 fully saturated rings. The predicted octanol–water partition coefficient (Wildman–Crippen LogP) is 7.46. The molecule has 2 N–H and O–H groups in total.